The fourth-order valence-electron chi connectivity index (χ4n) is 1.61. The van der Waals surface area contributed by atoms with E-state index in [0.29, 0.717) is 17.8 Å². The fraction of sp³-hybridized carbons (Fsp3) is 0.333. The van der Waals surface area contributed by atoms with Gasteiger partial charge >= 0.3 is 0 Å². The topological polar surface area (TPSA) is 92.9 Å². The molecule has 1 aromatic carbocycles. The SMILES string of the molecule is COc1ccccc1N(C=O)C(C)C(O)C(N)=O. The maximum atomic E-state index is 11.1. The number of nitrogens with two attached hydrogens (primary N) is 1. The van der Waals surface area contributed by atoms with Gasteiger partial charge in [0.1, 0.15) is 5.75 Å². The first kappa shape index (κ1) is 14.0. The minimum atomic E-state index is -1.44. The monoisotopic (exact) mass is 252 g/mol. The van der Waals surface area contributed by atoms with Crippen LogP contribution in [0.15, 0.2) is 24.3 Å². The molecular formula is C12H16N2O4. The molecule has 2 unspecified atom stereocenters. The summed E-state index contributed by atoms with van der Waals surface area (Å²) in [6.07, 6.45) is -0.922. The number of primary amides is 1. The van der Waals surface area contributed by atoms with Gasteiger partial charge in [-0.05, 0) is 19.1 Å². The van der Waals surface area contributed by atoms with Crippen molar-refractivity contribution in [2.75, 3.05) is 12.0 Å². The van der Waals surface area contributed by atoms with Gasteiger partial charge in [-0.1, -0.05) is 12.1 Å². The van der Waals surface area contributed by atoms with Crippen LogP contribution in [0.4, 0.5) is 5.69 Å². The molecule has 1 rings (SSSR count). The van der Waals surface area contributed by atoms with E-state index in [1.807, 2.05) is 0 Å². The number of nitrogens with zero attached hydrogens (tertiary/aromatic N) is 1. The molecule has 6 heteroatoms. The summed E-state index contributed by atoms with van der Waals surface area (Å²) in [7, 11) is 1.47. The normalized spacial score (nSPS) is 13.5. The van der Waals surface area contributed by atoms with Gasteiger partial charge in [0.05, 0.1) is 18.8 Å². The van der Waals surface area contributed by atoms with E-state index in [9.17, 15) is 14.7 Å². The van der Waals surface area contributed by atoms with Crippen LogP contribution in [-0.2, 0) is 9.59 Å². The van der Waals surface area contributed by atoms with Crippen LogP contribution in [-0.4, -0.2) is 36.7 Å². The van der Waals surface area contributed by atoms with E-state index in [1.54, 1.807) is 24.3 Å². The van der Waals surface area contributed by atoms with Gasteiger partial charge in [-0.15, -0.1) is 0 Å². The third-order valence-corrected chi connectivity index (χ3v) is 2.66. The number of aliphatic hydroxyl groups excluding tert-OH is 1. The first-order valence-corrected chi connectivity index (χ1v) is 5.37. The number of anilines is 1. The zero-order valence-corrected chi connectivity index (χ0v) is 10.2. The average Bonchev–Trinajstić information content (AvgIpc) is 2.38. The van der Waals surface area contributed by atoms with Crippen LogP contribution < -0.4 is 15.4 Å². The molecule has 2 amide bonds. The van der Waals surface area contributed by atoms with Crippen LogP contribution >= 0.6 is 0 Å². The van der Waals surface area contributed by atoms with E-state index >= 15 is 0 Å². The molecule has 0 bridgehead atoms. The van der Waals surface area contributed by atoms with Crippen molar-refractivity contribution in [2.24, 2.45) is 5.73 Å². The molecule has 0 aliphatic rings. The number of methoxy groups -OCH3 is 1. The van der Waals surface area contributed by atoms with Gasteiger partial charge in [0.25, 0.3) is 0 Å². The summed E-state index contributed by atoms with van der Waals surface area (Å²) in [5, 5.41) is 9.61. The number of carbonyl (C=O) groups excluding carboxylic acids is 2. The first-order chi connectivity index (χ1) is 8.52. The average molecular weight is 252 g/mol. The van der Waals surface area contributed by atoms with Crippen molar-refractivity contribution < 1.29 is 19.4 Å². The summed E-state index contributed by atoms with van der Waals surface area (Å²) < 4.78 is 5.12. The third-order valence-electron chi connectivity index (χ3n) is 2.66. The Kier molecular flexibility index (Phi) is 4.67. The number of hydrogen-bond donors (Lipinski definition) is 2. The molecule has 6 nitrogen and oxygen atoms in total. The highest BCUT2D eigenvalue weighted by molar-refractivity contribution is 5.85. The molecule has 98 valence electrons. The molecule has 0 aromatic heterocycles. The second-order valence-corrected chi connectivity index (χ2v) is 3.77. The second-order valence-electron chi connectivity index (χ2n) is 3.77. The molecule has 0 saturated heterocycles. The van der Waals surface area contributed by atoms with Crippen molar-refractivity contribution in [3.8, 4) is 5.75 Å². The summed E-state index contributed by atoms with van der Waals surface area (Å²) in [6.45, 7) is 1.52. The number of aliphatic hydroxyl groups is 1. The maximum absolute atomic E-state index is 11.1. The number of benzene rings is 1. The summed E-state index contributed by atoms with van der Waals surface area (Å²) >= 11 is 0. The Morgan fingerprint density at radius 3 is 2.61 bits per heavy atom. The zero-order chi connectivity index (χ0) is 13.7. The van der Waals surface area contributed by atoms with Crippen LogP contribution in [0.3, 0.4) is 0 Å². The van der Waals surface area contributed by atoms with Crippen molar-refractivity contribution in [1.82, 2.24) is 0 Å². The summed E-state index contributed by atoms with van der Waals surface area (Å²) in [5.74, 6) is -0.419. The number of carbonyl (C=O) groups is 2. The molecule has 18 heavy (non-hydrogen) atoms. The van der Waals surface area contributed by atoms with E-state index in [0.717, 1.165) is 0 Å². The Morgan fingerprint density at radius 1 is 1.50 bits per heavy atom. The lowest BCUT2D eigenvalue weighted by molar-refractivity contribution is -0.127. The van der Waals surface area contributed by atoms with Gasteiger partial charge in [0.15, 0.2) is 6.10 Å². The van der Waals surface area contributed by atoms with E-state index in [-0.39, 0.29) is 0 Å². The van der Waals surface area contributed by atoms with Crippen molar-refractivity contribution in [3.63, 3.8) is 0 Å². The van der Waals surface area contributed by atoms with Crippen LogP contribution in [0.25, 0.3) is 0 Å². The highest BCUT2D eigenvalue weighted by atomic mass is 16.5. The number of para-hydroxylation sites is 2. The van der Waals surface area contributed by atoms with Crippen molar-refractivity contribution >= 4 is 18.0 Å². The lowest BCUT2D eigenvalue weighted by Gasteiger charge is -2.28. The van der Waals surface area contributed by atoms with Gasteiger partial charge in [0, 0.05) is 0 Å². The van der Waals surface area contributed by atoms with E-state index in [2.05, 4.69) is 0 Å². The number of hydrogen-bond acceptors (Lipinski definition) is 4. The summed E-state index contributed by atoms with van der Waals surface area (Å²) in [6, 6.07) is 6.02. The number of ether oxygens (including phenoxy) is 1. The summed E-state index contributed by atoms with van der Waals surface area (Å²) in [5.41, 5.74) is 5.48. The Hall–Kier alpha value is -2.08. The number of rotatable bonds is 6. The molecule has 1 aromatic rings. The largest absolute Gasteiger partial charge is 0.495 e. The molecule has 0 heterocycles. The molecule has 0 spiro atoms. The van der Waals surface area contributed by atoms with Crippen LogP contribution in [0, 0.1) is 0 Å². The molecule has 3 N–H and O–H groups in total. The molecule has 0 fully saturated rings. The van der Waals surface area contributed by atoms with Gasteiger partial charge in [0.2, 0.25) is 12.3 Å². The van der Waals surface area contributed by atoms with Gasteiger partial charge in [-0.25, -0.2) is 0 Å². The Labute approximate surface area is 105 Å². The third kappa shape index (κ3) is 2.78. The standard InChI is InChI=1S/C12H16N2O4/c1-8(11(16)12(13)17)14(7-15)9-5-3-4-6-10(9)18-2/h3-8,11,16H,1-2H3,(H2,13,17). The first-order valence-electron chi connectivity index (χ1n) is 5.37. The Morgan fingerprint density at radius 2 is 2.11 bits per heavy atom. The lowest BCUT2D eigenvalue weighted by Crippen LogP contribution is -2.47. The van der Waals surface area contributed by atoms with Crippen molar-refractivity contribution in [2.45, 2.75) is 19.1 Å². The van der Waals surface area contributed by atoms with E-state index in [4.69, 9.17) is 10.5 Å². The minimum absolute atomic E-state index is 0.461. The Bertz CT molecular complexity index is 436. The van der Waals surface area contributed by atoms with Crippen LogP contribution in [0.1, 0.15) is 6.92 Å². The van der Waals surface area contributed by atoms with Crippen molar-refractivity contribution in [3.05, 3.63) is 24.3 Å². The van der Waals surface area contributed by atoms with E-state index in [1.165, 1.54) is 18.9 Å². The summed E-state index contributed by atoms with van der Waals surface area (Å²) in [4.78, 5) is 23.3. The zero-order valence-electron chi connectivity index (χ0n) is 10.2. The smallest absolute Gasteiger partial charge is 0.248 e. The molecule has 0 saturated carbocycles. The molecule has 0 radical (unpaired) electrons. The molecule has 0 aliphatic heterocycles. The van der Waals surface area contributed by atoms with Gasteiger partial charge < -0.3 is 20.5 Å². The van der Waals surface area contributed by atoms with Crippen LogP contribution in [0.5, 0.6) is 5.75 Å². The van der Waals surface area contributed by atoms with Crippen LogP contribution in [0.2, 0.25) is 0 Å². The fourth-order valence-corrected chi connectivity index (χ4v) is 1.61. The quantitative estimate of drug-likeness (QED) is 0.691. The predicted octanol–water partition coefficient (Wildman–Crippen LogP) is -0.107. The van der Waals surface area contributed by atoms with Gasteiger partial charge in [-0.2, -0.15) is 0 Å². The minimum Gasteiger partial charge on any atom is -0.495 e. The molecule has 0 aliphatic carbocycles. The molecule has 2 atom stereocenters. The van der Waals surface area contributed by atoms with Gasteiger partial charge in [-0.3, -0.25) is 9.59 Å². The number of amides is 2. The predicted molar refractivity (Wildman–Crippen MR) is 66.2 cm³/mol. The Balaban J connectivity index is 3.09. The highest BCUT2D eigenvalue weighted by Crippen LogP contribution is 2.28. The lowest BCUT2D eigenvalue weighted by atomic mass is 10.1. The second kappa shape index (κ2) is 6.02. The van der Waals surface area contributed by atoms with E-state index < -0.39 is 18.1 Å². The maximum Gasteiger partial charge on any atom is 0.248 e. The van der Waals surface area contributed by atoms with Crippen molar-refractivity contribution in [1.29, 1.82) is 0 Å². The molecular weight excluding hydrogens is 236 g/mol. The highest BCUT2D eigenvalue weighted by Gasteiger charge is 2.27.